The number of amides is 2. The maximum Gasteiger partial charge on any atom is 0.425 e. The summed E-state index contributed by atoms with van der Waals surface area (Å²) in [5.41, 5.74) is -4.61. The lowest BCUT2D eigenvalue weighted by Crippen LogP contribution is -2.68. The lowest BCUT2D eigenvalue weighted by atomic mass is 9.73. The number of aromatic hydroxyl groups is 1. The summed E-state index contributed by atoms with van der Waals surface area (Å²) < 4.78 is 88.9. The zero-order valence-corrected chi connectivity index (χ0v) is 26.6. The molecule has 15 heteroatoms. The van der Waals surface area contributed by atoms with E-state index in [2.05, 4.69) is 11.1 Å². The first kappa shape index (κ1) is 35.0. The Morgan fingerprint density at radius 2 is 1.79 bits per heavy atom. The number of benzene rings is 1. The van der Waals surface area contributed by atoms with Crippen LogP contribution in [0.15, 0.2) is 54.2 Å². The highest BCUT2D eigenvalue weighted by molar-refractivity contribution is 7.10. The number of thiophene rings is 1. The van der Waals surface area contributed by atoms with E-state index >= 15 is 0 Å². The molecule has 2 unspecified atom stereocenters. The number of carbonyl (C=O) groups is 2. The predicted octanol–water partition coefficient (Wildman–Crippen LogP) is 7.19. The molecule has 0 spiro atoms. The van der Waals surface area contributed by atoms with Crippen molar-refractivity contribution in [2.75, 3.05) is 19.6 Å². The van der Waals surface area contributed by atoms with Crippen LogP contribution in [0.25, 0.3) is 0 Å². The van der Waals surface area contributed by atoms with E-state index in [1.165, 1.54) is 11.0 Å². The highest BCUT2D eigenvalue weighted by Gasteiger charge is 2.56. The molecule has 2 aliphatic rings. The zero-order chi connectivity index (χ0) is 34.9. The highest BCUT2D eigenvalue weighted by Crippen LogP contribution is 2.45. The zero-order valence-electron chi connectivity index (χ0n) is 25.8. The van der Waals surface area contributed by atoms with Gasteiger partial charge in [-0.1, -0.05) is 31.5 Å². The largest absolute Gasteiger partial charge is 0.508 e. The summed E-state index contributed by atoms with van der Waals surface area (Å²) in [6.45, 7) is 1.74. The van der Waals surface area contributed by atoms with E-state index in [-0.39, 0.29) is 63.2 Å². The second-order valence-electron chi connectivity index (χ2n) is 12.0. The fraction of sp³-hybridized carbons (Fsp3) is 0.455. The van der Waals surface area contributed by atoms with Crippen molar-refractivity contribution in [1.29, 1.82) is 5.26 Å². The van der Waals surface area contributed by atoms with Crippen LogP contribution in [0.2, 0.25) is 0 Å². The third-order valence-electron chi connectivity index (χ3n) is 9.10. The number of para-hydroxylation sites is 1. The van der Waals surface area contributed by atoms with Crippen LogP contribution in [0, 0.1) is 11.3 Å². The lowest BCUT2D eigenvalue weighted by molar-refractivity contribution is -0.160. The molecule has 2 saturated heterocycles. The minimum absolute atomic E-state index is 0.0108. The van der Waals surface area contributed by atoms with Crippen molar-refractivity contribution in [2.45, 2.75) is 74.9 Å². The van der Waals surface area contributed by atoms with Gasteiger partial charge in [0.1, 0.15) is 16.4 Å². The van der Waals surface area contributed by atoms with Crippen molar-refractivity contribution in [1.82, 2.24) is 14.8 Å². The van der Waals surface area contributed by atoms with Gasteiger partial charge in [-0.05, 0) is 37.8 Å². The fourth-order valence-corrected chi connectivity index (χ4v) is 7.46. The average molecular weight is 695 g/mol. The monoisotopic (exact) mass is 694 g/mol. The van der Waals surface area contributed by atoms with Crippen LogP contribution in [0.3, 0.4) is 0 Å². The molecule has 2 aliphatic heterocycles. The highest BCUT2D eigenvalue weighted by atomic mass is 32.1. The maximum atomic E-state index is 14.7. The molecule has 2 aromatic heterocycles. The number of carbonyl (C=O) groups excluding carboxylic acids is 2. The lowest BCUT2D eigenvalue weighted by Gasteiger charge is -2.51. The fourth-order valence-electron chi connectivity index (χ4n) is 6.78. The van der Waals surface area contributed by atoms with Gasteiger partial charge in [0, 0.05) is 55.5 Å². The van der Waals surface area contributed by atoms with Crippen molar-refractivity contribution >= 4 is 23.2 Å². The molecule has 5 rings (SSSR count). The van der Waals surface area contributed by atoms with Crippen LogP contribution in [0.1, 0.15) is 71.8 Å². The Kier molecular flexibility index (Phi) is 9.69. The number of likely N-dealkylation sites (tertiary alicyclic amines) is 2. The van der Waals surface area contributed by atoms with Crippen LogP contribution in [-0.2, 0) is 22.6 Å². The summed E-state index contributed by atoms with van der Waals surface area (Å²) in [4.78, 5) is 34.0. The number of pyridine rings is 1. The average Bonchev–Trinajstić information content (AvgIpc) is 3.54. The normalized spacial score (nSPS) is 21.4. The van der Waals surface area contributed by atoms with E-state index in [0.29, 0.717) is 29.4 Å². The second kappa shape index (κ2) is 13.3. The molecule has 2 amide bonds. The Morgan fingerprint density at radius 3 is 2.40 bits per heavy atom. The minimum Gasteiger partial charge on any atom is -0.508 e. The number of ether oxygens (including phenoxy) is 1. The molecule has 4 heterocycles. The molecular formula is C33H32F6N4O4S. The van der Waals surface area contributed by atoms with Gasteiger partial charge < -0.3 is 19.6 Å². The van der Waals surface area contributed by atoms with Crippen LogP contribution in [-0.4, -0.2) is 63.0 Å². The third kappa shape index (κ3) is 6.54. The molecule has 0 radical (unpaired) electrons. The van der Waals surface area contributed by atoms with Gasteiger partial charge in [-0.3, -0.25) is 14.6 Å². The number of hydrogen-bond donors (Lipinski definition) is 1. The molecule has 0 saturated carbocycles. The summed E-state index contributed by atoms with van der Waals surface area (Å²) in [6, 6.07) is 8.96. The first-order chi connectivity index (χ1) is 22.7. The quantitative estimate of drug-likeness (QED) is 0.263. The summed E-state index contributed by atoms with van der Waals surface area (Å²) in [5, 5.41) is 21.8. The summed E-state index contributed by atoms with van der Waals surface area (Å²) >= 11 is 0.368. The van der Waals surface area contributed by atoms with Gasteiger partial charge in [-0.15, -0.1) is 11.3 Å². The molecular weight excluding hydrogens is 662 g/mol. The Labute approximate surface area is 276 Å². The van der Waals surface area contributed by atoms with Crippen LogP contribution < -0.4 is 4.74 Å². The van der Waals surface area contributed by atoms with Gasteiger partial charge in [0.15, 0.2) is 0 Å². The smallest absolute Gasteiger partial charge is 0.425 e. The van der Waals surface area contributed by atoms with Crippen molar-refractivity contribution < 1.29 is 45.8 Å². The van der Waals surface area contributed by atoms with E-state index in [0.717, 1.165) is 28.7 Å². The summed E-state index contributed by atoms with van der Waals surface area (Å²) in [7, 11) is 0. The molecule has 1 N–H and O–H groups in total. The Morgan fingerprint density at radius 1 is 1.08 bits per heavy atom. The van der Waals surface area contributed by atoms with E-state index < -0.39 is 57.2 Å². The Bertz CT molecular complexity index is 1700. The number of aromatic nitrogens is 1. The molecule has 256 valence electrons. The topological polar surface area (TPSA) is 107 Å². The van der Waals surface area contributed by atoms with E-state index in [1.54, 1.807) is 25.1 Å². The molecule has 3 aromatic rings. The number of nitrogens with zero attached hydrogens (tertiary/aromatic N) is 4. The van der Waals surface area contributed by atoms with Gasteiger partial charge in [-0.25, -0.2) is 0 Å². The summed E-state index contributed by atoms with van der Waals surface area (Å²) in [5.74, 6) is -2.01. The van der Waals surface area contributed by atoms with Gasteiger partial charge in [0.25, 0.3) is 11.8 Å². The molecule has 48 heavy (non-hydrogen) atoms. The molecule has 0 aliphatic carbocycles. The van der Waals surface area contributed by atoms with Gasteiger partial charge in [0.05, 0.1) is 28.7 Å². The minimum atomic E-state index is -4.88. The Hall–Kier alpha value is -4.32. The number of phenolic OH excluding ortho intramolecular Hbond substituents is 1. The van der Waals surface area contributed by atoms with Gasteiger partial charge in [0.2, 0.25) is 5.60 Å². The second-order valence-corrected chi connectivity index (χ2v) is 12.9. The molecule has 8 nitrogen and oxygen atoms in total. The summed E-state index contributed by atoms with van der Waals surface area (Å²) in [6.07, 6.45) is -7.10. The molecule has 1 aromatic carbocycles. The molecule has 2 fully saturated rings. The van der Waals surface area contributed by atoms with E-state index in [4.69, 9.17) is 4.74 Å². The first-order valence-electron chi connectivity index (χ1n) is 15.3. The van der Waals surface area contributed by atoms with Gasteiger partial charge >= 0.3 is 12.4 Å². The predicted molar refractivity (Wildman–Crippen MR) is 162 cm³/mol. The number of rotatable bonds is 7. The number of piperidine rings is 2. The van der Waals surface area contributed by atoms with Crippen molar-refractivity contribution in [3.63, 3.8) is 0 Å². The number of nitriles is 1. The van der Waals surface area contributed by atoms with Crippen LogP contribution >= 0.6 is 11.3 Å². The van der Waals surface area contributed by atoms with E-state index in [9.17, 15) is 46.3 Å². The Balaban J connectivity index is 1.55. The number of hydrogen-bond acceptors (Lipinski definition) is 7. The first-order valence-corrected chi connectivity index (χ1v) is 16.2. The number of halogens is 6. The van der Waals surface area contributed by atoms with Crippen molar-refractivity contribution in [3.05, 3.63) is 75.7 Å². The van der Waals surface area contributed by atoms with Crippen molar-refractivity contribution in [2.24, 2.45) is 0 Å². The van der Waals surface area contributed by atoms with Crippen LogP contribution in [0.5, 0.6) is 11.5 Å². The van der Waals surface area contributed by atoms with Crippen LogP contribution in [0.4, 0.5) is 26.3 Å². The SMILES string of the molecule is CCCC1N(C(=O)c2cnccc2C(F)(F)F)CCCC1(Oc1csc(C(F)(F)F)c1)C(=O)N1CCC(C#N)(c2ccccc2O)CC1. The molecule has 0 bridgehead atoms. The van der Waals surface area contributed by atoms with Crippen molar-refractivity contribution in [3.8, 4) is 17.6 Å². The maximum absolute atomic E-state index is 14.7. The molecule has 2 atom stereocenters. The number of alkyl halides is 6. The van der Waals surface area contributed by atoms with Gasteiger partial charge in [-0.2, -0.15) is 31.6 Å². The van der Waals surface area contributed by atoms with E-state index in [1.807, 2.05) is 0 Å². The number of phenols is 1. The standard InChI is InChI=1S/C33H32F6N4O4S/c1-2-6-26-31(47-21-17-27(48-19-21)33(37,38)39,10-5-14-43(26)28(45)22-18-41-13-9-23(22)32(34,35)36)29(46)42-15-11-30(20-40,12-16-42)24-7-3-4-8-25(24)44/h3-4,7-9,13,17-19,26,44H,2,5-6,10-12,14-16H2,1H3. The third-order valence-corrected chi connectivity index (χ3v) is 10.0.